The normalized spacial score (nSPS) is 14.2. The second kappa shape index (κ2) is 5.77. The molecule has 0 saturated carbocycles. The van der Waals surface area contributed by atoms with Crippen LogP contribution in [0, 0.1) is 0 Å². The van der Waals surface area contributed by atoms with Crippen LogP contribution in [0.2, 0.25) is 0 Å². The third-order valence-corrected chi connectivity index (χ3v) is 4.94. The van der Waals surface area contributed by atoms with Crippen molar-refractivity contribution in [3.63, 3.8) is 0 Å². The fourth-order valence-corrected chi connectivity index (χ4v) is 2.72. The van der Waals surface area contributed by atoms with E-state index in [9.17, 15) is 8.42 Å². The van der Waals surface area contributed by atoms with E-state index < -0.39 is 10.0 Å². The molecule has 4 nitrogen and oxygen atoms in total. The second-order valence-electron chi connectivity index (χ2n) is 3.83. The van der Waals surface area contributed by atoms with Gasteiger partial charge in [-0.1, -0.05) is 0 Å². The minimum Gasteiger partial charge on any atom is -0.309 e. The molecule has 1 unspecified atom stereocenters. The highest BCUT2D eigenvalue weighted by Crippen LogP contribution is 2.15. The highest BCUT2D eigenvalue weighted by atomic mass is 32.2. The molecular weight excluding hydrogens is 244 g/mol. The molecule has 0 fully saturated rings. The summed E-state index contributed by atoms with van der Waals surface area (Å²) in [6.45, 7) is 2.50. The lowest BCUT2D eigenvalue weighted by Gasteiger charge is -2.14. The predicted octanol–water partition coefficient (Wildman–Crippen LogP) is 1.29. The molecule has 1 aromatic rings. The first-order chi connectivity index (χ1) is 7.43. The van der Waals surface area contributed by atoms with Gasteiger partial charge >= 0.3 is 0 Å². The molecule has 1 rings (SSSR count). The van der Waals surface area contributed by atoms with Crippen LogP contribution in [0.15, 0.2) is 16.8 Å². The van der Waals surface area contributed by atoms with E-state index in [-0.39, 0.29) is 11.8 Å². The maximum atomic E-state index is 11.5. The minimum atomic E-state index is -3.09. The first kappa shape index (κ1) is 13.6. The second-order valence-corrected chi connectivity index (χ2v) is 6.91. The molecule has 1 aromatic heterocycles. The Morgan fingerprint density at radius 2 is 2.19 bits per heavy atom. The molecule has 0 aliphatic rings. The van der Waals surface area contributed by atoms with E-state index in [0.29, 0.717) is 6.54 Å². The molecule has 1 N–H and O–H groups in total. The zero-order valence-corrected chi connectivity index (χ0v) is 11.4. The maximum absolute atomic E-state index is 11.5. The van der Waals surface area contributed by atoms with Gasteiger partial charge in [-0.15, -0.1) is 0 Å². The Morgan fingerprint density at radius 3 is 2.69 bits per heavy atom. The van der Waals surface area contributed by atoms with Gasteiger partial charge in [-0.25, -0.2) is 12.7 Å². The minimum absolute atomic E-state index is 0.133. The highest BCUT2D eigenvalue weighted by molar-refractivity contribution is 7.89. The lowest BCUT2D eigenvalue weighted by Crippen LogP contribution is -2.32. The summed E-state index contributed by atoms with van der Waals surface area (Å²) >= 11 is 1.65. The monoisotopic (exact) mass is 262 g/mol. The van der Waals surface area contributed by atoms with Crippen LogP contribution in [0.3, 0.4) is 0 Å². The van der Waals surface area contributed by atoms with Crippen molar-refractivity contribution in [2.24, 2.45) is 0 Å². The van der Waals surface area contributed by atoms with Crippen molar-refractivity contribution in [1.82, 2.24) is 9.62 Å². The van der Waals surface area contributed by atoms with Gasteiger partial charge in [-0.05, 0) is 29.3 Å². The van der Waals surface area contributed by atoms with Crippen LogP contribution in [-0.2, 0) is 10.0 Å². The number of nitrogens with zero attached hydrogens (tertiary/aromatic N) is 1. The van der Waals surface area contributed by atoms with E-state index in [2.05, 4.69) is 10.7 Å². The fraction of sp³-hybridized carbons (Fsp3) is 0.600. The fourth-order valence-electron chi connectivity index (χ4n) is 1.23. The van der Waals surface area contributed by atoms with Crippen LogP contribution in [0.4, 0.5) is 0 Å². The van der Waals surface area contributed by atoms with Gasteiger partial charge in [0.25, 0.3) is 0 Å². The van der Waals surface area contributed by atoms with E-state index in [0.717, 1.165) is 0 Å². The molecule has 0 amide bonds. The summed E-state index contributed by atoms with van der Waals surface area (Å²) in [7, 11) is 0.0172. The summed E-state index contributed by atoms with van der Waals surface area (Å²) in [5.41, 5.74) is 1.20. The van der Waals surface area contributed by atoms with Crippen molar-refractivity contribution < 1.29 is 8.42 Å². The van der Waals surface area contributed by atoms with Gasteiger partial charge < -0.3 is 5.32 Å². The summed E-state index contributed by atoms with van der Waals surface area (Å²) in [6, 6.07) is 2.24. The topological polar surface area (TPSA) is 49.4 Å². The molecule has 0 bridgehead atoms. The SMILES string of the molecule is CC(NCCS(=O)(=O)N(C)C)c1ccsc1. The quantitative estimate of drug-likeness (QED) is 0.840. The van der Waals surface area contributed by atoms with Gasteiger partial charge in [-0.3, -0.25) is 0 Å². The van der Waals surface area contributed by atoms with Gasteiger partial charge in [0.15, 0.2) is 0 Å². The third kappa shape index (κ3) is 3.86. The molecule has 92 valence electrons. The molecular formula is C10H18N2O2S2. The number of thiophene rings is 1. The lowest BCUT2D eigenvalue weighted by atomic mass is 10.2. The van der Waals surface area contributed by atoms with Crippen LogP contribution >= 0.6 is 11.3 Å². The molecule has 0 saturated heterocycles. The third-order valence-electron chi connectivity index (χ3n) is 2.41. The van der Waals surface area contributed by atoms with Crippen LogP contribution < -0.4 is 5.32 Å². The van der Waals surface area contributed by atoms with E-state index >= 15 is 0 Å². The van der Waals surface area contributed by atoms with Gasteiger partial charge in [0.2, 0.25) is 10.0 Å². The largest absolute Gasteiger partial charge is 0.309 e. The average molecular weight is 262 g/mol. The number of nitrogens with one attached hydrogen (secondary N) is 1. The molecule has 0 aliphatic heterocycles. The average Bonchev–Trinajstić information content (AvgIpc) is 2.69. The number of rotatable bonds is 6. The Labute approximate surface area is 101 Å². The summed E-state index contributed by atoms with van der Waals surface area (Å²) in [6.07, 6.45) is 0. The van der Waals surface area contributed by atoms with Crippen molar-refractivity contribution in [2.75, 3.05) is 26.4 Å². The molecule has 0 spiro atoms. The van der Waals surface area contributed by atoms with Crippen molar-refractivity contribution in [2.45, 2.75) is 13.0 Å². The molecule has 0 aliphatic carbocycles. The number of hydrogen-bond donors (Lipinski definition) is 1. The first-order valence-electron chi connectivity index (χ1n) is 5.09. The van der Waals surface area contributed by atoms with Crippen LogP contribution in [0.25, 0.3) is 0 Å². The van der Waals surface area contributed by atoms with E-state index in [1.807, 2.05) is 18.4 Å². The van der Waals surface area contributed by atoms with Gasteiger partial charge in [0.1, 0.15) is 0 Å². The van der Waals surface area contributed by atoms with Crippen molar-refractivity contribution in [1.29, 1.82) is 0 Å². The molecule has 0 aromatic carbocycles. The van der Waals surface area contributed by atoms with Gasteiger partial charge in [0.05, 0.1) is 5.75 Å². The maximum Gasteiger partial charge on any atom is 0.214 e. The van der Waals surface area contributed by atoms with Gasteiger partial charge in [0, 0.05) is 26.7 Å². The van der Waals surface area contributed by atoms with Crippen LogP contribution in [-0.4, -0.2) is 39.1 Å². The number of hydrogen-bond acceptors (Lipinski definition) is 4. The molecule has 0 radical (unpaired) electrons. The predicted molar refractivity (Wildman–Crippen MR) is 68.2 cm³/mol. The Morgan fingerprint density at radius 1 is 1.50 bits per heavy atom. The molecule has 1 atom stereocenters. The van der Waals surface area contributed by atoms with Gasteiger partial charge in [-0.2, -0.15) is 11.3 Å². The summed E-state index contributed by atoms with van der Waals surface area (Å²) in [5, 5.41) is 7.28. The Bertz CT molecular complexity index is 398. The van der Waals surface area contributed by atoms with E-state index in [1.54, 1.807) is 25.4 Å². The van der Waals surface area contributed by atoms with Crippen molar-refractivity contribution in [3.05, 3.63) is 22.4 Å². The summed E-state index contributed by atoms with van der Waals surface area (Å²) in [5.74, 6) is 0.133. The van der Waals surface area contributed by atoms with Crippen molar-refractivity contribution >= 4 is 21.4 Å². The Kier molecular flexibility index (Phi) is 4.91. The standard InChI is InChI=1S/C10H18N2O2S2/c1-9(10-4-6-15-8-10)11-5-7-16(13,14)12(2)3/h4,6,8-9,11H,5,7H2,1-3H3. The van der Waals surface area contributed by atoms with Crippen LogP contribution in [0.1, 0.15) is 18.5 Å². The van der Waals surface area contributed by atoms with Crippen LogP contribution in [0.5, 0.6) is 0 Å². The summed E-state index contributed by atoms with van der Waals surface area (Å²) in [4.78, 5) is 0. The molecule has 1 heterocycles. The first-order valence-corrected chi connectivity index (χ1v) is 7.64. The molecule has 16 heavy (non-hydrogen) atoms. The molecule has 6 heteroatoms. The van der Waals surface area contributed by atoms with E-state index in [4.69, 9.17) is 0 Å². The number of sulfonamides is 1. The van der Waals surface area contributed by atoms with Crippen molar-refractivity contribution in [3.8, 4) is 0 Å². The van der Waals surface area contributed by atoms with E-state index in [1.165, 1.54) is 9.87 Å². The zero-order chi connectivity index (χ0) is 12.2. The smallest absolute Gasteiger partial charge is 0.214 e. The Balaban J connectivity index is 2.37. The highest BCUT2D eigenvalue weighted by Gasteiger charge is 2.13. The Hall–Kier alpha value is -0.430. The summed E-state index contributed by atoms with van der Waals surface area (Å²) < 4.78 is 24.2. The lowest BCUT2D eigenvalue weighted by molar-refractivity contribution is 0.512. The zero-order valence-electron chi connectivity index (χ0n) is 9.80.